The van der Waals surface area contributed by atoms with Crippen molar-refractivity contribution in [3.63, 3.8) is 0 Å². The predicted octanol–water partition coefficient (Wildman–Crippen LogP) is 1.79. The van der Waals surface area contributed by atoms with E-state index < -0.39 is 18.5 Å². The largest absolute Gasteiger partial charge is 0.480 e. The van der Waals surface area contributed by atoms with Crippen LogP contribution in [0.2, 0.25) is 0 Å². The maximum atomic E-state index is 12.2. The predicted molar refractivity (Wildman–Crippen MR) is 78.7 cm³/mol. The summed E-state index contributed by atoms with van der Waals surface area (Å²) in [4.78, 5) is 24.1. The summed E-state index contributed by atoms with van der Waals surface area (Å²) in [5.74, 6) is 1.23. The van der Waals surface area contributed by atoms with Gasteiger partial charge in [0, 0.05) is 0 Å². The highest BCUT2D eigenvalue weighted by atomic mass is 16.4. The van der Waals surface area contributed by atoms with Crippen LogP contribution < -0.4 is 5.32 Å². The second kappa shape index (κ2) is 6.80. The van der Waals surface area contributed by atoms with E-state index in [0.29, 0.717) is 0 Å². The number of hydrogen-bond acceptors (Lipinski definition) is 2. The Kier molecular flexibility index (Phi) is 4.83. The van der Waals surface area contributed by atoms with Gasteiger partial charge >= 0.3 is 12.0 Å². The molecule has 2 N–H and O–H groups in total. The molecule has 0 heterocycles. The molecule has 1 aliphatic carbocycles. The zero-order valence-corrected chi connectivity index (χ0v) is 11.7. The van der Waals surface area contributed by atoms with E-state index in [-0.39, 0.29) is 12.6 Å². The summed E-state index contributed by atoms with van der Waals surface area (Å²) in [7, 11) is 0. The summed E-state index contributed by atoms with van der Waals surface area (Å²) >= 11 is 0. The minimum absolute atomic E-state index is 0.0213. The first-order valence-electron chi connectivity index (χ1n) is 6.90. The first kappa shape index (κ1) is 14.9. The number of aryl methyl sites for hydroxylation is 1. The van der Waals surface area contributed by atoms with E-state index in [1.165, 1.54) is 5.56 Å². The molecule has 1 aromatic rings. The first-order valence-corrected chi connectivity index (χ1v) is 6.90. The number of terminal acetylenes is 1. The summed E-state index contributed by atoms with van der Waals surface area (Å²) in [5.41, 5.74) is 2.34. The molecule has 1 atom stereocenters. The van der Waals surface area contributed by atoms with Crippen molar-refractivity contribution >= 4 is 12.0 Å². The topological polar surface area (TPSA) is 69.6 Å². The number of hydrogen-bond donors (Lipinski definition) is 2. The van der Waals surface area contributed by atoms with Crippen molar-refractivity contribution in [1.82, 2.24) is 10.2 Å². The lowest BCUT2D eigenvalue weighted by molar-refractivity contribution is -0.137. The van der Waals surface area contributed by atoms with Crippen LogP contribution in [-0.2, 0) is 11.2 Å². The zero-order chi connectivity index (χ0) is 15.2. The molecule has 0 bridgehead atoms. The second-order valence-electron chi connectivity index (χ2n) is 5.05. The summed E-state index contributed by atoms with van der Waals surface area (Å²) in [6.45, 7) is -0.420. The summed E-state index contributed by atoms with van der Waals surface area (Å²) in [6, 6.07) is 7.47. The fourth-order valence-corrected chi connectivity index (χ4v) is 2.62. The van der Waals surface area contributed by atoms with E-state index in [2.05, 4.69) is 17.3 Å². The van der Waals surface area contributed by atoms with E-state index in [9.17, 15) is 9.59 Å². The lowest BCUT2D eigenvalue weighted by Gasteiger charge is -2.28. The molecule has 1 unspecified atom stereocenters. The molecule has 5 nitrogen and oxygen atoms in total. The van der Waals surface area contributed by atoms with Gasteiger partial charge in [-0.15, -0.1) is 6.42 Å². The van der Waals surface area contributed by atoms with Gasteiger partial charge in [0.15, 0.2) is 0 Å². The Balaban J connectivity index is 2.09. The minimum atomic E-state index is -1.08. The Morgan fingerprint density at radius 1 is 1.43 bits per heavy atom. The van der Waals surface area contributed by atoms with Crippen LogP contribution >= 0.6 is 0 Å². The summed E-state index contributed by atoms with van der Waals surface area (Å²) < 4.78 is 0. The molecule has 21 heavy (non-hydrogen) atoms. The number of fused-ring (bicyclic) bond motifs is 1. The lowest BCUT2D eigenvalue weighted by atomic mass is 9.88. The minimum Gasteiger partial charge on any atom is -0.480 e. The number of amides is 2. The molecule has 1 aromatic carbocycles. The van der Waals surface area contributed by atoms with Crippen LogP contribution in [0, 0.1) is 12.3 Å². The van der Waals surface area contributed by atoms with Crippen molar-refractivity contribution < 1.29 is 14.7 Å². The number of carbonyl (C=O) groups excluding carboxylic acids is 1. The number of carboxylic acids is 1. The molecule has 0 fully saturated rings. The van der Waals surface area contributed by atoms with Gasteiger partial charge in [-0.05, 0) is 30.4 Å². The number of nitrogens with one attached hydrogen (secondary N) is 1. The van der Waals surface area contributed by atoms with E-state index >= 15 is 0 Å². The third-order valence-electron chi connectivity index (χ3n) is 3.56. The maximum Gasteiger partial charge on any atom is 0.323 e. The second-order valence-corrected chi connectivity index (χ2v) is 5.05. The average molecular weight is 286 g/mol. The molecule has 1 aliphatic rings. The monoisotopic (exact) mass is 286 g/mol. The van der Waals surface area contributed by atoms with Gasteiger partial charge in [0.1, 0.15) is 6.54 Å². The first-order chi connectivity index (χ1) is 10.1. The Hall–Kier alpha value is -2.48. The van der Waals surface area contributed by atoms with Gasteiger partial charge in [0.2, 0.25) is 0 Å². The Bertz CT molecular complexity index is 577. The van der Waals surface area contributed by atoms with Crippen LogP contribution in [0.25, 0.3) is 0 Å². The van der Waals surface area contributed by atoms with Crippen LogP contribution in [0.15, 0.2) is 24.3 Å². The average Bonchev–Trinajstić information content (AvgIpc) is 2.47. The zero-order valence-electron chi connectivity index (χ0n) is 11.7. The molecule has 0 aliphatic heterocycles. The van der Waals surface area contributed by atoms with Crippen LogP contribution in [0.1, 0.15) is 30.0 Å². The molecule has 0 spiro atoms. The fourth-order valence-electron chi connectivity index (χ4n) is 2.62. The quantitative estimate of drug-likeness (QED) is 0.829. The molecule has 0 saturated heterocycles. The molecular weight excluding hydrogens is 268 g/mol. The van der Waals surface area contributed by atoms with Crippen molar-refractivity contribution in [2.45, 2.75) is 25.3 Å². The standard InChI is InChI=1S/C16H18N2O3/c1-2-10-18(11-15(19)20)16(21)17-14-9-5-7-12-6-3-4-8-13(12)14/h1,3-4,6,8,14H,5,7,9-11H2,(H,17,21)(H,19,20). The highest BCUT2D eigenvalue weighted by Crippen LogP contribution is 2.29. The van der Waals surface area contributed by atoms with E-state index in [4.69, 9.17) is 11.5 Å². The maximum absolute atomic E-state index is 12.2. The molecule has 0 aromatic heterocycles. The van der Waals surface area contributed by atoms with Gasteiger partial charge < -0.3 is 15.3 Å². The molecule has 110 valence electrons. The molecule has 0 radical (unpaired) electrons. The van der Waals surface area contributed by atoms with Gasteiger partial charge in [-0.3, -0.25) is 4.79 Å². The molecule has 2 rings (SSSR count). The Morgan fingerprint density at radius 3 is 2.90 bits per heavy atom. The highest BCUT2D eigenvalue weighted by Gasteiger charge is 2.24. The van der Waals surface area contributed by atoms with Crippen molar-refractivity contribution in [2.24, 2.45) is 0 Å². The normalized spacial score (nSPS) is 16.4. The Labute approximate surface area is 124 Å². The third kappa shape index (κ3) is 3.76. The van der Waals surface area contributed by atoms with Gasteiger partial charge in [0.25, 0.3) is 0 Å². The van der Waals surface area contributed by atoms with Gasteiger partial charge in [-0.1, -0.05) is 30.2 Å². The van der Waals surface area contributed by atoms with E-state index in [1.54, 1.807) is 0 Å². The van der Waals surface area contributed by atoms with Crippen molar-refractivity contribution in [1.29, 1.82) is 0 Å². The molecule has 2 amide bonds. The van der Waals surface area contributed by atoms with Crippen LogP contribution in [0.4, 0.5) is 4.79 Å². The summed E-state index contributed by atoms with van der Waals surface area (Å²) in [5, 5.41) is 11.7. The SMILES string of the molecule is C#CCN(CC(=O)O)C(=O)NC1CCCc2ccccc21. The number of carboxylic acid groups (broad SMARTS) is 1. The third-order valence-corrected chi connectivity index (χ3v) is 3.56. The van der Waals surface area contributed by atoms with E-state index in [0.717, 1.165) is 29.7 Å². The van der Waals surface area contributed by atoms with E-state index in [1.807, 2.05) is 18.2 Å². The number of carbonyl (C=O) groups is 2. The van der Waals surface area contributed by atoms with Gasteiger partial charge in [-0.25, -0.2) is 4.79 Å². The van der Waals surface area contributed by atoms with Crippen molar-refractivity contribution in [3.8, 4) is 12.3 Å². The van der Waals surface area contributed by atoms with Crippen molar-refractivity contribution in [2.75, 3.05) is 13.1 Å². The van der Waals surface area contributed by atoms with Crippen molar-refractivity contribution in [3.05, 3.63) is 35.4 Å². The molecular formula is C16H18N2O3. The Morgan fingerprint density at radius 2 is 2.19 bits per heavy atom. The number of urea groups is 1. The lowest BCUT2D eigenvalue weighted by Crippen LogP contribution is -2.44. The molecule has 0 saturated carbocycles. The smallest absolute Gasteiger partial charge is 0.323 e. The number of nitrogens with zero attached hydrogens (tertiary/aromatic N) is 1. The van der Waals surface area contributed by atoms with Crippen LogP contribution in [0.5, 0.6) is 0 Å². The fraction of sp³-hybridized carbons (Fsp3) is 0.375. The van der Waals surface area contributed by atoms with Gasteiger partial charge in [-0.2, -0.15) is 0 Å². The molecule has 5 heteroatoms. The number of rotatable bonds is 4. The summed E-state index contributed by atoms with van der Waals surface area (Å²) in [6.07, 6.45) is 8.04. The highest BCUT2D eigenvalue weighted by molar-refractivity contribution is 5.80. The van der Waals surface area contributed by atoms with Crippen LogP contribution in [0.3, 0.4) is 0 Å². The number of aliphatic carboxylic acids is 1. The number of benzene rings is 1. The van der Waals surface area contributed by atoms with Gasteiger partial charge in [0.05, 0.1) is 12.6 Å². The van der Waals surface area contributed by atoms with Crippen LogP contribution in [-0.4, -0.2) is 35.1 Å².